The molecule has 812 valence electrons. The number of hydrogen-bond acceptors (Lipinski definition) is 43. The number of rotatable bonds is 35. The molecule has 5 aliphatic rings. The molecular formula is C86H114Cl4N24O31P4. The van der Waals surface area contributed by atoms with Crippen molar-refractivity contribution in [1.29, 1.82) is 0 Å². The van der Waals surface area contributed by atoms with Crippen LogP contribution in [0.25, 0.3) is 44.7 Å². The molecule has 0 aliphatic carbocycles. The summed E-state index contributed by atoms with van der Waals surface area (Å²) in [5, 5.41) is 43.3. The number of nitrogens with one attached hydrogen (secondary N) is 8. The molecule has 149 heavy (non-hydrogen) atoms. The van der Waals surface area contributed by atoms with Crippen molar-refractivity contribution in [2.45, 2.75) is 253 Å². The van der Waals surface area contributed by atoms with Crippen LogP contribution in [0, 0.1) is 0 Å². The first kappa shape index (κ1) is 115. The molecule has 19 N–H and O–H groups in total. The Kier molecular flexibility index (Phi) is 36.0. The van der Waals surface area contributed by atoms with Crippen molar-refractivity contribution in [3.63, 3.8) is 0 Å². The average molecular weight is 2250 g/mol. The number of alkyl halides is 4. The number of nitrogens with zero attached hydrogens (tertiary/aromatic N) is 12. The molecule has 0 bridgehead atoms. The molecule has 0 saturated carbocycles. The molecule has 0 amide bonds. The minimum Gasteiger partial charge on any atom is -0.462 e. The number of nitrogen functional groups attached to an aromatic ring is 4. The number of ether oxygens (including phenoxy) is 8. The molecule has 16 rings (SSSR count). The van der Waals surface area contributed by atoms with Gasteiger partial charge >= 0.3 is 54.9 Å². The van der Waals surface area contributed by atoms with E-state index in [2.05, 4.69) is 80.2 Å². The largest absolute Gasteiger partial charge is 0.462 e. The molecule has 3 aromatic carbocycles. The highest BCUT2D eigenvalue weighted by Gasteiger charge is 2.62. The lowest BCUT2D eigenvalue weighted by Crippen LogP contribution is -2.47. The number of para-hydroxylation sites is 3. The summed E-state index contributed by atoms with van der Waals surface area (Å²) in [7, 11) is -16.6. The molecule has 24 atom stereocenters. The van der Waals surface area contributed by atoms with Crippen LogP contribution in [0.15, 0.2) is 135 Å². The summed E-state index contributed by atoms with van der Waals surface area (Å²) < 4.78 is 150. The van der Waals surface area contributed by atoms with Crippen LogP contribution >= 0.6 is 77.4 Å². The van der Waals surface area contributed by atoms with Crippen molar-refractivity contribution >= 4 is 170 Å². The van der Waals surface area contributed by atoms with Gasteiger partial charge in [-0.1, -0.05) is 54.6 Å². The number of aliphatic hydroxyl groups excluding tert-OH is 3. The number of aliphatic hydroxyl groups is 3. The van der Waals surface area contributed by atoms with Gasteiger partial charge in [-0.15, -0.1) is 46.4 Å². The van der Waals surface area contributed by atoms with Crippen molar-refractivity contribution in [3.8, 4) is 17.2 Å². The van der Waals surface area contributed by atoms with Crippen molar-refractivity contribution in [1.82, 2.24) is 98.4 Å². The fourth-order valence-electron chi connectivity index (χ4n) is 15.6. The van der Waals surface area contributed by atoms with Gasteiger partial charge in [-0.05, 0) is 147 Å². The third-order valence-corrected chi connectivity index (χ3v) is 30.9. The zero-order chi connectivity index (χ0) is 109. The summed E-state index contributed by atoms with van der Waals surface area (Å²) >= 11 is 26.9. The SMILES string of the molecule is CC(C)OC(=O)[C@@H](C)NP(=O)(OC[C@H]1O[C@@H](n2cnc3c(=O)[nH]c(N)nc32)[C@](C)(Cl)[C@@H]1O)Oc1ccccc1.CC(C)OC(=O)[C@@H](C)N[P@@](=O)(OC[C@H]1O[C@@H](n2cnc3c(=O)[nH]c(N)nc32)[C@](C)(Cl)[C@@H]1O)Oc1ccccc1.CC(C)OC(=O)[C@@H](C)N[P@@]1(=O)OC[C@H]2O[C@@H](n3cnc4c(=O)[nH]c(N)nc43)[C@](C)(Cl)[C@@H]2O1.CC(C)OC(=O)[C@@H](C)N[P@](=O)(OC[C@H]1O[C@@H](n2cnc3c(=O)[nH]c(N)nc32)[C@](C)(Cl)[C@@H]1O)Oc1ccccc1. The standard InChI is InChI=1S/3C23H30ClN6O8P.C17H24ClN6O7P/c3*1-12(2)36-20(33)13(3)29-39(34,38-14-8-6-5-7-9-14)35-10-15-17(31)23(4,24)21(37-15)30-11-26-16-18(30)27-22(25)28-19(16)32;1-7(2)29-14(26)8(3)23-32(27)28-5-9-11(31-32)17(4,18)15(30-9)24-6-20-10-12(24)21-16(19)22-13(10)25/h3*5-9,11-13,15,17,21,31H,10H2,1-4H3,(H,29,34)(H3,25,27,28,32);6-9,11,15H,5H2,1-4H3,(H,23,27)(H3,19,21,22,25)/t13-,15-,17-,21-,23-,39?;13-,15-,17-,21-,23-,39+;13-,15-,17-,21-,23-,39-;8-,9-,11-,15-,17-,32-/m1111/s1. The lowest BCUT2D eigenvalue weighted by molar-refractivity contribution is -0.150. The monoisotopic (exact) mass is 2240 g/mol. The normalized spacial score (nSPS) is 27.2. The first-order valence-electron chi connectivity index (χ1n) is 46.0. The van der Waals surface area contributed by atoms with Crippen LogP contribution in [0.4, 0.5) is 23.8 Å². The van der Waals surface area contributed by atoms with E-state index in [9.17, 15) is 71.9 Å². The fourth-order valence-corrected chi connectivity index (χ4v) is 23.2. The number of aromatic amines is 4. The van der Waals surface area contributed by atoms with Gasteiger partial charge in [0.15, 0.2) is 69.6 Å². The van der Waals surface area contributed by atoms with Crippen LogP contribution in [0.5, 0.6) is 17.2 Å². The first-order chi connectivity index (χ1) is 69.8. The predicted octanol–water partition coefficient (Wildman–Crippen LogP) is 7.32. The number of imidazole rings is 4. The number of aromatic nitrogens is 16. The quantitative estimate of drug-likeness (QED) is 0.00800. The van der Waals surface area contributed by atoms with E-state index in [0.29, 0.717) is 0 Å². The van der Waals surface area contributed by atoms with E-state index in [4.69, 9.17) is 143 Å². The zero-order valence-electron chi connectivity index (χ0n) is 82.6. The third-order valence-electron chi connectivity index (χ3n) is 22.7. The second-order valence-electron chi connectivity index (χ2n) is 36.4. The highest BCUT2D eigenvalue weighted by molar-refractivity contribution is 7.53. The molecule has 1 unspecified atom stereocenters. The average Bonchev–Trinajstić information content (AvgIpc) is 1.57. The fraction of sp³-hybridized carbons (Fsp3) is 0.512. The molecule has 8 aromatic heterocycles. The molecule has 5 aliphatic heterocycles. The molecule has 55 nitrogen and oxygen atoms in total. The van der Waals surface area contributed by atoms with Gasteiger partial charge in [0, 0.05) is 0 Å². The Balaban J connectivity index is 0.000000166. The molecule has 5 saturated heterocycles. The van der Waals surface area contributed by atoms with E-state index in [1.54, 1.807) is 153 Å². The van der Waals surface area contributed by atoms with Crippen LogP contribution in [0.3, 0.4) is 0 Å². The third kappa shape index (κ3) is 26.8. The number of benzene rings is 3. The van der Waals surface area contributed by atoms with E-state index in [1.807, 2.05) is 0 Å². The van der Waals surface area contributed by atoms with E-state index in [0.717, 1.165) is 0 Å². The van der Waals surface area contributed by atoms with Gasteiger partial charge in [0.2, 0.25) is 23.8 Å². The molecule has 0 radical (unpaired) electrons. The van der Waals surface area contributed by atoms with Crippen molar-refractivity contribution in [3.05, 3.63) is 158 Å². The Bertz CT molecular complexity index is 6580. The van der Waals surface area contributed by atoms with Crippen LogP contribution in [0.2, 0.25) is 0 Å². The van der Waals surface area contributed by atoms with Gasteiger partial charge < -0.3 is 89.7 Å². The van der Waals surface area contributed by atoms with E-state index in [-0.39, 0.29) is 98.4 Å². The summed E-state index contributed by atoms with van der Waals surface area (Å²) in [6.07, 6.45) is -9.27. The molecular weight excluding hydrogens is 2130 g/mol. The molecule has 63 heteroatoms. The zero-order valence-corrected chi connectivity index (χ0v) is 89.2. The maximum Gasteiger partial charge on any atom is 0.459 e. The van der Waals surface area contributed by atoms with Crippen LogP contribution in [-0.2, 0) is 98.0 Å². The highest BCUT2D eigenvalue weighted by atomic mass is 35.5. The second kappa shape index (κ2) is 46.7. The maximum atomic E-state index is 13.8. The summed E-state index contributed by atoms with van der Waals surface area (Å²) in [6.45, 7) is 24.1. The highest BCUT2D eigenvalue weighted by Crippen LogP contribution is 2.59. The number of H-pyrrole nitrogens is 4. The number of anilines is 4. The molecule has 5 fully saturated rings. The second-order valence-corrected chi connectivity index (χ2v) is 46.5. The van der Waals surface area contributed by atoms with Crippen LogP contribution < -0.4 is 79.1 Å². The number of carbonyl (C=O) groups is 4. The summed E-state index contributed by atoms with van der Waals surface area (Å²) in [5.74, 6) is -2.46. The van der Waals surface area contributed by atoms with E-state index < -0.39 is 233 Å². The lowest BCUT2D eigenvalue weighted by atomic mass is 10.0. The minimum atomic E-state index is -4.23. The van der Waals surface area contributed by atoms with Gasteiger partial charge in [0.1, 0.15) is 110 Å². The summed E-state index contributed by atoms with van der Waals surface area (Å²) in [4.78, 5) is 134. The van der Waals surface area contributed by atoms with Crippen LogP contribution in [0.1, 0.15) is 136 Å². The number of nitrogens with two attached hydrogens (primary N) is 4. The Morgan fingerprint density at radius 2 is 0.671 bits per heavy atom. The van der Waals surface area contributed by atoms with Crippen molar-refractivity contribution < 1.29 is 127 Å². The van der Waals surface area contributed by atoms with E-state index >= 15 is 0 Å². The number of fused-ring (bicyclic) bond motifs is 5. The van der Waals surface area contributed by atoms with Gasteiger partial charge in [-0.3, -0.25) is 99.2 Å². The predicted molar refractivity (Wildman–Crippen MR) is 537 cm³/mol. The van der Waals surface area contributed by atoms with Gasteiger partial charge in [0.25, 0.3) is 22.2 Å². The van der Waals surface area contributed by atoms with Gasteiger partial charge in [0.05, 0.1) is 76.2 Å². The summed E-state index contributed by atoms with van der Waals surface area (Å²) in [6, 6.07) is 20.5. The Hall–Kier alpha value is -11.0. The lowest BCUT2D eigenvalue weighted by Gasteiger charge is -2.36. The molecule has 11 aromatic rings. The number of hydrogen-bond donors (Lipinski definition) is 15. The summed E-state index contributed by atoms with van der Waals surface area (Å²) in [5.41, 5.74) is 21.1. The van der Waals surface area contributed by atoms with Gasteiger partial charge in [-0.25, -0.2) is 43.3 Å². The van der Waals surface area contributed by atoms with E-state index in [1.165, 1.54) is 92.0 Å². The van der Waals surface area contributed by atoms with Crippen molar-refractivity contribution in [2.75, 3.05) is 49.4 Å². The maximum absolute atomic E-state index is 13.8. The number of halogens is 4. The van der Waals surface area contributed by atoms with Gasteiger partial charge in [-0.2, -0.15) is 35.2 Å². The topological polar surface area (TPSA) is 751 Å². The van der Waals surface area contributed by atoms with Crippen LogP contribution in [-0.4, -0.2) is 261 Å². The molecule has 13 heterocycles. The van der Waals surface area contributed by atoms with Crippen molar-refractivity contribution in [2.24, 2.45) is 0 Å². The number of esters is 4. The Labute approximate surface area is 867 Å². The number of carbonyl (C=O) groups excluding carboxylic acids is 4. The Morgan fingerprint density at radius 1 is 0.423 bits per heavy atom. The molecule has 0 spiro atoms. The minimum absolute atomic E-state index is 0.00156. The smallest absolute Gasteiger partial charge is 0.459 e. The Morgan fingerprint density at radius 3 is 0.926 bits per heavy atom. The first-order valence-corrected chi connectivity index (χ1v) is 53.7.